The first-order valence-corrected chi connectivity index (χ1v) is 7.11. The maximum atomic E-state index is 12.9. The van der Waals surface area contributed by atoms with Gasteiger partial charge in [-0.25, -0.2) is 0 Å². The highest BCUT2D eigenvalue weighted by Gasteiger charge is 2.41. The Labute approximate surface area is 117 Å². The van der Waals surface area contributed by atoms with E-state index >= 15 is 0 Å². The van der Waals surface area contributed by atoms with Crippen LogP contribution in [0.15, 0.2) is 24.3 Å². The van der Waals surface area contributed by atoms with Crippen LogP contribution in [0.3, 0.4) is 0 Å². The molecule has 1 aromatic carbocycles. The molecule has 1 atom stereocenters. The van der Waals surface area contributed by atoms with Crippen LogP contribution in [0.5, 0.6) is 5.75 Å². The summed E-state index contributed by atoms with van der Waals surface area (Å²) < 4.78 is 75.2. The number of alkyl halides is 3. The standard InChI is InChI=1S/C11H9F4NO4S/c12-11(13,14)20-9-4-2-1-3-8(9)16-6-7(5-10(16)17)21(15,18)19/h1-4,7H,5-6H2. The lowest BCUT2D eigenvalue weighted by Crippen LogP contribution is -2.28. The van der Waals surface area contributed by atoms with Crippen LogP contribution in [0, 0.1) is 0 Å². The molecule has 0 radical (unpaired) electrons. The van der Waals surface area contributed by atoms with Crippen LogP contribution in [0.4, 0.5) is 22.7 Å². The molecule has 1 saturated heterocycles. The number of anilines is 1. The van der Waals surface area contributed by atoms with E-state index in [-0.39, 0.29) is 5.69 Å². The van der Waals surface area contributed by atoms with Gasteiger partial charge in [0.15, 0.2) is 5.75 Å². The van der Waals surface area contributed by atoms with Gasteiger partial charge in [0.25, 0.3) is 0 Å². The van der Waals surface area contributed by atoms with E-state index in [1.807, 2.05) is 0 Å². The van der Waals surface area contributed by atoms with E-state index in [1.165, 1.54) is 12.1 Å². The smallest absolute Gasteiger partial charge is 0.404 e. The van der Waals surface area contributed by atoms with Crippen LogP contribution in [-0.2, 0) is 15.0 Å². The third kappa shape index (κ3) is 3.63. The summed E-state index contributed by atoms with van der Waals surface area (Å²) in [6, 6.07) is 4.75. The number of para-hydroxylation sites is 2. The number of nitrogens with zero attached hydrogens (tertiary/aromatic N) is 1. The Hall–Kier alpha value is -1.84. The zero-order valence-corrected chi connectivity index (χ0v) is 11.1. The highest BCUT2D eigenvalue weighted by molar-refractivity contribution is 7.87. The van der Waals surface area contributed by atoms with Crippen molar-refractivity contribution in [3.05, 3.63) is 24.3 Å². The number of halogens is 4. The molecule has 0 N–H and O–H groups in total. The molecule has 0 aromatic heterocycles. The van der Waals surface area contributed by atoms with Crippen molar-refractivity contribution in [2.75, 3.05) is 11.4 Å². The summed E-state index contributed by atoms with van der Waals surface area (Å²) in [5.74, 6) is -1.45. The first-order valence-electron chi connectivity index (χ1n) is 5.66. The van der Waals surface area contributed by atoms with Gasteiger partial charge in [0, 0.05) is 13.0 Å². The molecule has 1 unspecified atom stereocenters. The highest BCUT2D eigenvalue weighted by atomic mass is 32.3. The first-order chi connectivity index (χ1) is 9.58. The van der Waals surface area contributed by atoms with Gasteiger partial charge in [0.05, 0.1) is 5.69 Å². The summed E-state index contributed by atoms with van der Waals surface area (Å²) in [7, 11) is -4.95. The molecule has 116 valence electrons. The Morgan fingerprint density at radius 2 is 1.86 bits per heavy atom. The number of ether oxygens (including phenoxy) is 1. The lowest BCUT2D eigenvalue weighted by molar-refractivity contribution is -0.274. The molecule has 1 aromatic rings. The van der Waals surface area contributed by atoms with Crippen LogP contribution in [0.25, 0.3) is 0 Å². The Bertz CT molecular complexity index is 658. The van der Waals surface area contributed by atoms with Crippen molar-refractivity contribution in [3.63, 3.8) is 0 Å². The van der Waals surface area contributed by atoms with Crippen molar-refractivity contribution in [2.24, 2.45) is 0 Å². The number of hydrogen-bond acceptors (Lipinski definition) is 4. The molecule has 0 bridgehead atoms. The number of hydrogen-bond donors (Lipinski definition) is 0. The Kier molecular flexibility index (Phi) is 3.83. The van der Waals surface area contributed by atoms with E-state index in [0.717, 1.165) is 17.0 Å². The number of carbonyl (C=O) groups is 1. The predicted octanol–water partition coefficient (Wildman–Crippen LogP) is 1.99. The molecule has 0 saturated carbocycles. The quantitative estimate of drug-likeness (QED) is 0.629. The van der Waals surface area contributed by atoms with Crippen molar-refractivity contribution < 1.29 is 35.0 Å². The summed E-state index contributed by atoms with van der Waals surface area (Å²) >= 11 is 0. The number of benzene rings is 1. The maximum absolute atomic E-state index is 12.9. The molecule has 0 aliphatic carbocycles. The summed E-state index contributed by atoms with van der Waals surface area (Å²) in [5.41, 5.74) is -0.258. The second-order valence-corrected chi connectivity index (χ2v) is 5.94. The molecular weight excluding hydrogens is 318 g/mol. The lowest BCUT2D eigenvalue weighted by Gasteiger charge is -2.20. The molecule has 0 spiro atoms. The molecule has 1 fully saturated rings. The lowest BCUT2D eigenvalue weighted by atomic mass is 10.2. The van der Waals surface area contributed by atoms with Crippen LogP contribution in [0.2, 0.25) is 0 Å². The highest BCUT2D eigenvalue weighted by Crippen LogP contribution is 2.35. The zero-order chi connectivity index (χ0) is 15.8. The molecular formula is C11H9F4NO4S. The SMILES string of the molecule is O=C1CC(S(=O)(=O)F)CN1c1ccccc1OC(F)(F)F. The summed E-state index contributed by atoms with van der Waals surface area (Å²) in [6.45, 7) is -0.560. The fourth-order valence-corrected chi connectivity index (χ4v) is 2.66. The topological polar surface area (TPSA) is 63.7 Å². The maximum Gasteiger partial charge on any atom is 0.573 e. The normalized spacial score (nSPS) is 19.9. The first kappa shape index (κ1) is 15.5. The minimum atomic E-state index is -4.97. The molecule has 1 amide bonds. The summed E-state index contributed by atoms with van der Waals surface area (Å²) in [6.07, 6.45) is -5.59. The average molecular weight is 327 g/mol. The molecule has 1 heterocycles. The number of amides is 1. The third-order valence-corrected chi connectivity index (χ3v) is 3.98. The second-order valence-electron chi connectivity index (χ2n) is 4.32. The Morgan fingerprint density at radius 3 is 2.38 bits per heavy atom. The fourth-order valence-electron chi connectivity index (χ4n) is 1.99. The number of rotatable bonds is 3. The minimum Gasteiger partial charge on any atom is -0.404 e. The van der Waals surface area contributed by atoms with Gasteiger partial charge in [-0.2, -0.15) is 8.42 Å². The number of carbonyl (C=O) groups excluding carboxylic acids is 1. The Balaban J connectivity index is 2.33. The van der Waals surface area contributed by atoms with Crippen LogP contribution >= 0.6 is 0 Å². The molecule has 1 aliphatic heterocycles. The van der Waals surface area contributed by atoms with Gasteiger partial charge >= 0.3 is 16.6 Å². The van der Waals surface area contributed by atoms with Crippen molar-refractivity contribution in [1.82, 2.24) is 0 Å². The van der Waals surface area contributed by atoms with E-state index in [0.29, 0.717) is 0 Å². The molecule has 2 rings (SSSR count). The predicted molar refractivity (Wildman–Crippen MR) is 63.9 cm³/mol. The van der Waals surface area contributed by atoms with E-state index in [9.17, 15) is 30.3 Å². The third-order valence-electron chi connectivity index (χ3n) is 2.87. The van der Waals surface area contributed by atoms with Gasteiger partial charge in [-0.15, -0.1) is 17.1 Å². The fraction of sp³-hybridized carbons (Fsp3) is 0.364. The van der Waals surface area contributed by atoms with Crippen molar-refractivity contribution in [3.8, 4) is 5.75 Å². The van der Waals surface area contributed by atoms with E-state index in [2.05, 4.69) is 4.74 Å². The van der Waals surface area contributed by atoms with Crippen LogP contribution in [0.1, 0.15) is 6.42 Å². The van der Waals surface area contributed by atoms with Crippen molar-refractivity contribution in [1.29, 1.82) is 0 Å². The molecule has 5 nitrogen and oxygen atoms in total. The monoisotopic (exact) mass is 327 g/mol. The summed E-state index contributed by atoms with van der Waals surface area (Å²) in [5, 5.41) is -1.59. The van der Waals surface area contributed by atoms with Crippen LogP contribution < -0.4 is 9.64 Å². The zero-order valence-electron chi connectivity index (χ0n) is 10.3. The van der Waals surface area contributed by atoms with Gasteiger partial charge in [-0.05, 0) is 12.1 Å². The minimum absolute atomic E-state index is 0.258. The van der Waals surface area contributed by atoms with E-state index < -0.39 is 46.5 Å². The van der Waals surface area contributed by atoms with Gasteiger partial charge < -0.3 is 9.64 Å². The van der Waals surface area contributed by atoms with Crippen molar-refractivity contribution in [2.45, 2.75) is 18.0 Å². The van der Waals surface area contributed by atoms with Crippen LogP contribution in [-0.4, -0.2) is 32.5 Å². The van der Waals surface area contributed by atoms with E-state index in [4.69, 9.17) is 0 Å². The van der Waals surface area contributed by atoms with E-state index in [1.54, 1.807) is 0 Å². The van der Waals surface area contributed by atoms with Gasteiger partial charge in [0.2, 0.25) is 5.91 Å². The van der Waals surface area contributed by atoms with Crippen molar-refractivity contribution >= 4 is 21.8 Å². The molecule has 10 heteroatoms. The summed E-state index contributed by atoms with van der Waals surface area (Å²) in [4.78, 5) is 12.5. The average Bonchev–Trinajstić information content (AvgIpc) is 2.70. The van der Waals surface area contributed by atoms with Gasteiger partial charge in [0.1, 0.15) is 5.25 Å². The largest absolute Gasteiger partial charge is 0.573 e. The second kappa shape index (κ2) is 5.17. The molecule has 1 aliphatic rings. The van der Waals surface area contributed by atoms with Gasteiger partial charge in [-0.1, -0.05) is 12.1 Å². The Morgan fingerprint density at radius 1 is 1.24 bits per heavy atom. The molecule has 21 heavy (non-hydrogen) atoms. The van der Waals surface area contributed by atoms with Gasteiger partial charge in [-0.3, -0.25) is 4.79 Å².